The van der Waals surface area contributed by atoms with Crippen LogP contribution in [0.4, 0.5) is 5.69 Å². The molecule has 1 heterocycles. The van der Waals surface area contributed by atoms with Crippen molar-refractivity contribution in [1.82, 2.24) is 9.97 Å². The van der Waals surface area contributed by atoms with E-state index in [0.29, 0.717) is 0 Å². The highest BCUT2D eigenvalue weighted by atomic mass is 127. The molecule has 1 N–H and O–H groups in total. The average Bonchev–Trinajstić information content (AvgIpc) is 3.14. The lowest BCUT2D eigenvalue weighted by Gasteiger charge is -2.12. The van der Waals surface area contributed by atoms with E-state index in [1.54, 1.807) is 0 Å². The summed E-state index contributed by atoms with van der Waals surface area (Å²) >= 11 is 4.75. The number of hydrogen-bond donors (Lipinski definition) is 1. The van der Waals surface area contributed by atoms with E-state index in [1.165, 1.54) is 34.4 Å². The van der Waals surface area contributed by atoms with Crippen molar-refractivity contribution in [3.8, 4) is 11.4 Å². The molecule has 5 rings (SSSR count). The van der Waals surface area contributed by atoms with Crippen LogP contribution in [0.5, 0.6) is 0 Å². The van der Waals surface area contributed by atoms with Crippen molar-refractivity contribution in [1.29, 1.82) is 0 Å². The number of hydrogen-bond acceptors (Lipinski definition) is 2. The van der Waals surface area contributed by atoms with Gasteiger partial charge >= 0.3 is 0 Å². The number of imidazole rings is 1. The van der Waals surface area contributed by atoms with Crippen LogP contribution in [-0.2, 0) is 0 Å². The van der Waals surface area contributed by atoms with E-state index in [9.17, 15) is 0 Å². The Balaban J connectivity index is 1.85. The van der Waals surface area contributed by atoms with Crippen LogP contribution in [0.3, 0.4) is 0 Å². The Labute approximate surface area is 190 Å². The van der Waals surface area contributed by atoms with Crippen molar-refractivity contribution in [2.45, 2.75) is 0 Å². The van der Waals surface area contributed by atoms with Gasteiger partial charge in [0.2, 0.25) is 0 Å². The van der Waals surface area contributed by atoms with Crippen molar-refractivity contribution >= 4 is 83.4 Å². The van der Waals surface area contributed by atoms with E-state index < -0.39 is 0 Å². The number of nitrogens with one attached hydrogen (secondary N) is 1. The molecule has 0 radical (unpaired) electrons. The Hall–Kier alpha value is -1.87. The van der Waals surface area contributed by atoms with E-state index >= 15 is 0 Å². The molecule has 0 aliphatic rings. The molecule has 0 fully saturated rings. The summed E-state index contributed by atoms with van der Waals surface area (Å²) in [5, 5.41) is 4.93. The van der Waals surface area contributed by atoms with E-state index in [-0.39, 0.29) is 0 Å². The number of H-pyrrole nitrogens is 1. The van der Waals surface area contributed by atoms with E-state index in [2.05, 4.69) is 130 Å². The number of anilines is 1. The van der Waals surface area contributed by atoms with Gasteiger partial charge in [0.1, 0.15) is 5.82 Å². The highest BCUT2D eigenvalue weighted by Gasteiger charge is 2.14. The SMILES string of the molecule is CN(C)c1ccc(-c2nc3c4cc(I)ccc4c4ccc(I)cc4c3[nH]2)cc1. The molecule has 0 spiro atoms. The lowest BCUT2D eigenvalue weighted by atomic mass is 10.0. The Morgan fingerprint density at radius 3 is 2.00 bits per heavy atom. The van der Waals surface area contributed by atoms with Gasteiger partial charge < -0.3 is 9.88 Å². The molecule has 5 aromatic rings. The maximum Gasteiger partial charge on any atom is 0.138 e. The normalized spacial score (nSPS) is 11.6. The van der Waals surface area contributed by atoms with Crippen LogP contribution in [0.15, 0.2) is 60.7 Å². The van der Waals surface area contributed by atoms with Gasteiger partial charge in [-0.1, -0.05) is 12.1 Å². The molecule has 4 aromatic carbocycles. The standard InChI is InChI=1S/C23H17I2N3/c1-28(2)16-7-3-13(4-8-16)23-26-21-19-11-14(24)5-9-17(19)18-10-6-15(25)12-20(18)22(21)27-23/h3-12H,1-2H3,(H,26,27). The van der Waals surface area contributed by atoms with Crippen LogP contribution in [0.1, 0.15) is 0 Å². The second-order valence-electron chi connectivity index (χ2n) is 7.13. The zero-order chi connectivity index (χ0) is 19.4. The predicted octanol–water partition coefficient (Wildman–Crippen LogP) is 6.81. The molecule has 0 unspecified atom stereocenters. The molecule has 0 saturated heterocycles. The van der Waals surface area contributed by atoms with Crippen molar-refractivity contribution < 1.29 is 0 Å². The zero-order valence-corrected chi connectivity index (χ0v) is 19.7. The molecular formula is C23H17I2N3. The summed E-state index contributed by atoms with van der Waals surface area (Å²) in [7, 11) is 4.11. The second-order valence-corrected chi connectivity index (χ2v) is 9.62. The Morgan fingerprint density at radius 1 is 0.750 bits per heavy atom. The fourth-order valence-corrected chi connectivity index (χ4v) is 4.71. The van der Waals surface area contributed by atoms with Gasteiger partial charge in [0, 0.05) is 43.3 Å². The topological polar surface area (TPSA) is 31.9 Å². The molecule has 1 aromatic heterocycles. The minimum absolute atomic E-state index is 0.909. The van der Waals surface area contributed by atoms with E-state index in [4.69, 9.17) is 4.98 Å². The zero-order valence-electron chi connectivity index (χ0n) is 15.4. The Bertz CT molecular complexity index is 1270. The first-order valence-corrected chi connectivity index (χ1v) is 11.1. The lowest BCUT2D eigenvalue weighted by molar-refractivity contribution is 1.13. The average molecular weight is 589 g/mol. The summed E-state index contributed by atoms with van der Waals surface area (Å²) in [5.41, 5.74) is 4.42. The van der Waals surface area contributed by atoms with Gasteiger partial charge in [-0.15, -0.1) is 0 Å². The molecule has 5 heteroatoms. The molecule has 138 valence electrons. The summed E-state index contributed by atoms with van der Waals surface area (Å²) < 4.78 is 2.44. The first-order valence-electron chi connectivity index (χ1n) is 8.99. The van der Waals surface area contributed by atoms with E-state index in [1.807, 2.05) is 0 Å². The van der Waals surface area contributed by atoms with Crippen molar-refractivity contribution in [2.24, 2.45) is 0 Å². The molecular weight excluding hydrogens is 572 g/mol. The van der Waals surface area contributed by atoms with Gasteiger partial charge in [-0.3, -0.25) is 0 Å². The molecule has 0 saturated carbocycles. The summed E-state index contributed by atoms with van der Waals surface area (Å²) in [6, 6.07) is 21.8. The third-order valence-corrected chi connectivity index (χ3v) is 6.48. The van der Waals surface area contributed by atoms with Crippen molar-refractivity contribution in [2.75, 3.05) is 19.0 Å². The summed E-state index contributed by atoms with van der Waals surface area (Å²) in [4.78, 5) is 10.7. The molecule has 0 bridgehead atoms. The third kappa shape index (κ3) is 2.95. The second kappa shape index (κ2) is 6.88. The van der Waals surface area contributed by atoms with Gasteiger partial charge in [-0.2, -0.15) is 0 Å². The Morgan fingerprint density at radius 2 is 1.36 bits per heavy atom. The maximum absolute atomic E-state index is 5.03. The lowest BCUT2D eigenvalue weighted by Crippen LogP contribution is -2.07. The quantitative estimate of drug-likeness (QED) is 0.181. The number of aromatic amines is 1. The molecule has 0 atom stereocenters. The van der Waals surface area contributed by atoms with E-state index in [0.717, 1.165) is 22.4 Å². The maximum atomic E-state index is 5.03. The molecule has 0 amide bonds. The largest absolute Gasteiger partial charge is 0.378 e. The highest BCUT2D eigenvalue weighted by molar-refractivity contribution is 14.1. The number of fused-ring (bicyclic) bond motifs is 6. The summed E-state index contributed by atoms with van der Waals surface area (Å²) in [5.74, 6) is 0.909. The number of halogens is 2. The van der Waals surface area contributed by atoms with Gasteiger partial charge in [-0.05, 0) is 104 Å². The molecule has 0 aliphatic heterocycles. The first-order chi connectivity index (χ1) is 13.5. The summed E-state index contributed by atoms with van der Waals surface area (Å²) in [6.07, 6.45) is 0. The van der Waals surface area contributed by atoms with Crippen LogP contribution in [0, 0.1) is 7.14 Å². The summed E-state index contributed by atoms with van der Waals surface area (Å²) in [6.45, 7) is 0. The van der Waals surface area contributed by atoms with Gasteiger partial charge in [-0.25, -0.2) is 4.98 Å². The van der Waals surface area contributed by atoms with Crippen LogP contribution in [-0.4, -0.2) is 24.1 Å². The van der Waals surface area contributed by atoms with Gasteiger partial charge in [0.25, 0.3) is 0 Å². The predicted molar refractivity (Wildman–Crippen MR) is 136 cm³/mol. The minimum atomic E-state index is 0.909. The Kier molecular flexibility index (Phi) is 4.46. The van der Waals surface area contributed by atoms with Crippen LogP contribution in [0.25, 0.3) is 44.0 Å². The smallest absolute Gasteiger partial charge is 0.138 e. The highest BCUT2D eigenvalue weighted by Crippen LogP contribution is 2.36. The van der Waals surface area contributed by atoms with Crippen molar-refractivity contribution in [3.05, 3.63) is 67.8 Å². The monoisotopic (exact) mass is 589 g/mol. The molecule has 3 nitrogen and oxygen atoms in total. The van der Waals surface area contributed by atoms with Crippen LogP contribution in [0.2, 0.25) is 0 Å². The van der Waals surface area contributed by atoms with Gasteiger partial charge in [0.15, 0.2) is 0 Å². The fourth-order valence-electron chi connectivity index (χ4n) is 3.72. The van der Waals surface area contributed by atoms with Crippen molar-refractivity contribution in [3.63, 3.8) is 0 Å². The van der Waals surface area contributed by atoms with Crippen LogP contribution < -0.4 is 4.90 Å². The number of rotatable bonds is 2. The van der Waals surface area contributed by atoms with Gasteiger partial charge in [0.05, 0.1) is 11.0 Å². The molecule has 28 heavy (non-hydrogen) atoms. The molecule has 0 aliphatic carbocycles. The number of nitrogens with zero attached hydrogens (tertiary/aromatic N) is 2. The number of aromatic nitrogens is 2. The minimum Gasteiger partial charge on any atom is -0.378 e. The van der Waals surface area contributed by atoms with Crippen LogP contribution >= 0.6 is 45.2 Å². The first kappa shape index (κ1) is 18.2. The fraction of sp³-hybridized carbons (Fsp3) is 0.0870. The number of benzene rings is 4. The third-order valence-electron chi connectivity index (χ3n) is 5.14.